The van der Waals surface area contributed by atoms with E-state index >= 15 is 0 Å². The molecular formula is C22H26FN3OS. The molecule has 28 heavy (non-hydrogen) atoms. The molecule has 0 aromatic heterocycles. The molecule has 0 saturated carbocycles. The fraction of sp³-hybridized carbons (Fsp3) is 0.409. The van der Waals surface area contributed by atoms with Crippen molar-refractivity contribution in [2.24, 2.45) is 0 Å². The lowest BCUT2D eigenvalue weighted by Gasteiger charge is -2.36. The third-order valence-electron chi connectivity index (χ3n) is 5.46. The fourth-order valence-corrected chi connectivity index (χ4v) is 4.98. The number of carbonyl (C=O) groups excluding carboxylic acids is 1. The van der Waals surface area contributed by atoms with E-state index in [9.17, 15) is 9.18 Å². The van der Waals surface area contributed by atoms with Gasteiger partial charge in [0.15, 0.2) is 0 Å². The number of thioether (sulfide) groups is 1. The van der Waals surface area contributed by atoms with Gasteiger partial charge in [0.05, 0.1) is 10.9 Å². The molecule has 2 heterocycles. The minimum Gasteiger partial charge on any atom is -0.369 e. The molecule has 6 heteroatoms. The summed E-state index contributed by atoms with van der Waals surface area (Å²) >= 11 is 1.69. The highest BCUT2D eigenvalue weighted by atomic mass is 32.2. The van der Waals surface area contributed by atoms with Crippen molar-refractivity contribution in [3.8, 4) is 0 Å². The predicted molar refractivity (Wildman–Crippen MR) is 114 cm³/mol. The van der Waals surface area contributed by atoms with Crippen LogP contribution < -0.4 is 10.2 Å². The Morgan fingerprint density at radius 3 is 2.61 bits per heavy atom. The Morgan fingerprint density at radius 1 is 1.11 bits per heavy atom. The van der Waals surface area contributed by atoms with Crippen LogP contribution in [-0.4, -0.2) is 48.8 Å². The third-order valence-corrected chi connectivity index (χ3v) is 6.80. The number of anilines is 2. The van der Waals surface area contributed by atoms with E-state index in [1.165, 1.54) is 17.0 Å². The van der Waals surface area contributed by atoms with Crippen LogP contribution in [0.1, 0.15) is 18.4 Å². The van der Waals surface area contributed by atoms with Gasteiger partial charge in [0.25, 0.3) is 0 Å². The molecule has 4 rings (SSSR count). The van der Waals surface area contributed by atoms with Crippen molar-refractivity contribution in [1.29, 1.82) is 0 Å². The van der Waals surface area contributed by atoms with Gasteiger partial charge in [-0.1, -0.05) is 6.07 Å². The molecule has 2 aliphatic heterocycles. The molecular weight excluding hydrogens is 373 g/mol. The number of amides is 1. The summed E-state index contributed by atoms with van der Waals surface area (Å²) in [6.45, 7) is 6.97. The van der Waals surface area contributed by atoms with Crippen molar-refractivity contribution in [3.05, 3.63) is 53.8 Å². The van der Waals surface area contributed by atoms with Crippen molar-refractivity contribution in [2.75, 3.05) is 42.9 Å². The highest BCUT2D eigenvalue weighted by Gasteiger charge is 2.27. The summed E-state index contributed by atoms with van der Waals surface area (Å²) in [7, 11) is 0. The number of benzene rings is 2. The molecule has 4 nitrogen and oxygen atoms in total. The van der Waals surface area contributed by atoms with E-state index in [2.05, 4.69) is 27.2 Å². The first kappa shape index (κ1) is 19.3. The first-order valence-electron chi connectivity index (χ1n) is 9.89. The van der Waals surface area contributed by atoms with Crippen LogP contribution in [0.5, 0.6) is 0 Å². The Bertz CT molecular complexity index is 834. The molecule has 0 bridgehead atoms. The van der Waals surface area contributed by atoms with Gasteiger partial charge in [-0.25, -0.2) is 4.39 Å². The van der Waals surface area contributed by atoms with E-state index in [1.807, 2.05) is 25.1 Å². The summed E-state index contributed by atoms with van der Waals surface area (Å²) in [5.41, 5.74) is 3.20. The van der Waals surface area contributed by atoms with Crippen molar-refractivity contribution in [2.45, 2.75) is 29.9 Å². The minimum atomic E-state index is -0.190. The lowest BCUT2D eigenvalue weighted by molar-refractivity contribution is -0.115. The number of halogens is 1. The molecule has 0 aliphatic carbocycles. The van der Waals surface area contributed by atoms with Gasteiger partial charge in [-0.15, -0.1) is 11.8 Å². The molecule has 2 aromatic carbocycles. The van der Waals surface area contributed by atoms with Crippen molar-refractivity contribution >= 4 is 29.0 Å². The van der Waals surface area contributed by atoms with E-state index in [4.69, 9.17) is 0 Å². The average Bonchev–Trinajstić information content (AvgIpc) is 2.70. The van der Waals surface area contributed by atoms with Gasteiger partial charge in [-0.2, -0.15) is 0 Å². The fourth-order valence-electron chi connectivity index (χ4n) is 3.84. The second-order valence-corrected chi connectivity index (χ2v) is 8.79. The third kappa shape index (κ3) is 4.50. The van der Waals surface area contributed by atoms with Gasteiger partial charge in [-0.3, -0.25) is 9.69 Å². The lowest BCUT2D eigenvalue weighted by atomic mass is 10.1. The molecule has 148 valence electrons. The first-order chi connectivity index (χ1) is 13.6. The number of aryl methyl sites for hydroxylation is 1. The molecule has 1 unspecified atom stereocenters. The Labute approximate surface area is 170 Å². The molecule has 1 N–H and O–H groups in total. The smallest absolute Gasteiger partial charge is 0.237 e. The van der Waals surface area contributed by atoms with Gasteiger partial charge >= 0.3 is 0 Å². The Morgan fingerprint density at radius 2 is 1.86 bits per heavy atom. The topological polar surface area (TPSA) is 35.6 Å². The second-order valence-electron chi connectivity index (χ2n) is 7.54. The maximum Gasteiger partial charge on any atom is 0.237 e. The molecule has 1 fully saturated rings. The highest BCUT2D eigenvalue weighted by Crippen LogP contribution is 2.37. The van der Waals surface area contributed by atoms with Crippen molar-refractivity contribution in [3.63, 3.8) is 0 Å². The molecule has 1 amide bonds. The quantitative estimate of drug-likeness (QED) is 0.819. The van der Waals surface area contributed by atoms with E-state index in [0.29, 0.717) is 0 Å². The Balaban J connectivity index is 1.22. The average molecular weight is 400 g/mol. The number of piperazine rings is 1. The van der Waals surface area contributed by atoms with Crippen LogP contribution in [0.3, 0.4) is 0 Å². The minimum absolute atomic E-state index is 0.00397. The molecule has 0 spiro atoms. The number of fused-ring (bicyclic) bond motifs is 1. The van der Waals surface area contributed by atoms with Crippen LogP contribution in [0.4, 0.5) is 15.8 Å². The zero-order valence-corrected chi connectivity index (χ0v) is 17.0. The van der Waals surface area contributed by atoms with E-state index in [0.717, 1.165) is 62.5 Å². The van der Waals surface area contributed by atoms with E-state index in [-0.39, 0.29) is 17.0 Å². The summed E-state index contributed by atoms with van der Waals surface area (Å²) in [4.78, 5) is 18.3. The number of hydrogen-bond donors (Lipinski definition) is 1. The number of nitrogens with one attached hydrogen (secondary N) is 1. The number of nitrogens with zero attached hydrogens (tertiary/aromatic N) is 2. The normalized spacial score (nSPS) is 20.0. The van der Waals surface area contributed by atoms with Crippen LogP contribution in [0.15, 0.2) is 47.4 Å². The van der Waals surface area contributed by atoms with Crippen LogP contribution in [0.25, 0.3) is 0 Å². The molecule has 2 aliphatic rings. The molecule has 1 saturated heterocycles. The van der Waals surface area contributed by atoms with Crippen LogP contribution in [0, 0.1) is 12.7 Å². The van der Waals surface area contributed by atoms with Crippen molar-refractivity contribution < 1.29 is 9.18 Å². The summed E-state index contributed by atoms with van der Waals surface area (Å²) in [5, 5.41) is 3.06. The standard InChI is InChI=1S/C22H26FN3OS/c1-16-4-9-20-19(15-16)24-22(27)21(28-20)3-2-10-25-11-13-26(14-12-25)18-7-5-17(23)6-8-18/h4-9,15,21H,2-3,10-14H2,1H3,(H,24,27). The zero-order chi connectivity index (χ0) is 19.5. The van der Waals surface area contributed by atoms with Gasteiger partial charge in [0, 0.05) is 36.8 Å². The van der Waals surface area contributed by atoms with Gasteiger partial charge in [0.2, 0.25) is 5.91 Å². The maximum atomic E-state index is 13.1. The number of carbonyl (C=O) groups is 1. The zero-order valence-electron chi connectivity index (χ0n) is 16.2. The lowest BCUT2D eigenvalue weighted by Crippen LogP contribution is -2.46. The molecule has 2 aromatic rings. The summed E-state index contributed by atoms with van der Waals surface area (Å²) in [6, 6.07) is 13.0. The van der Waals surface area contributed by atoms with Gasteiger partial charge in [-0.05, 0) is 68.3 Å². The summed E-state index contributed by atoms with van der Waals surface area (Å²) in [6.07, 6.45) is 1.91. The predicted octanol–water partition coefficient (Wildman–Crippen LogP) is 4.15. The van der Waals surface area contributed by atoms with E-state index < -0.39 is 0 Å². The summed E-state index contributed by atoms with van der Waals surface area (Å²) < 4.78 is 13.1. The monoisotopic (exact) mass is 399 g/mol. The Hall–Kier alpha value is -2.05. The SMILES string of the molecule is Cc1ccc2c(c1)NC(=O)C(CCCN1CCN(c3ccc(F)cc3)CC1)S2. The van der Waals surface area contributed by atoms with Crippen LogP contribution >= 0.6 is 11.8 Å². The van der Waals surface area contributed by atoms with Crippen LogP contribution in [-0.2, 0) is 4.79 Å². The van der Waals surface area contributed by atoms with Gasteiger partial charge in [0.1, 0.15) is 5.82 Å². The number of hydrogen-bond acceptors (Lipinski definition) is 4. The van der Waals surface area contributed by atoms with Gasteiger partial charge < -0.3 is 10.2 Å². The number of rotatable bonds is 5. The first-order valence-corrected chi connectivity index (χ1v) is 10.8. The summed E-state index contributed by atoms with van der Waals surface area (Å²) in [5.74, 6) is -0.0611. The van der Waals surface area contributed by atoms with E-state index in [1.54, 1.807) is 11.8 Å². The maximum absolute atomic E-state index is 13.1. The second kappa shape index (κ2) is 8.53. The van der Waals surface area contributed by atoms with Crippen LogP contribution in [0.2, 0.25) is 0 Å². The van der Waals surface area contributed by atoms with Crippen molar-refractivity contribution in [1.82, 2.24) is 4.90 Å². The molecule has 0 radical (unpaired) electrons. The largest absolute Gasteiger partial charge is 0.369 e. The highest BCUT2D eigenvalue weighted by molar-refractivity contribution is 8.01. The molecule has 1 atom stereocenters. The Kier molecular flexibility index (Phi) is 5.87.